The standard InChI is InChI=1S/C15H25FN2/c1-11(2)18(6)14-8-7-12(9-13(14)16)10-17-15(3,4)5/h7-9,11,17H,10H2,1-6H3. The maximum Gasteiger partial charge on any atom is 0.146 e. The van der Waals surface area contributed by atoms with Crippen LogP contribution in [0.1, 0.15) is 40.2 Å². The molecule has 0 bridgehead atoms. The van der Waals surface area contributed by atoms with Gasteiger partial charge >= 0.3 is 0 Å². The normalized spacial score (nSPS) is 12.0. The summed E-state index contributed by atoms with van der Waals surface area (Å²) in [5.74, 6) is -0.153. The minimum absolute atomic E-state index is 0.0455. The van der Waals surface area contributed by atoms with Gasteiger partial charge in [0, 0.05) is 25.2 Å². The number of rotatable bonds is 4. The van der Waals surface area contributed by atoms with E-state index >= 15 is 0 Å². The highest BCUT2D eigenvalue weighted by molar-refractivity contribution is 5.49. The van der Waals surface area contributed by atoms with Crippen LogP contribution >= 0.6 is 0 Å². The molecular weight excluding hydrogens is 227 g/mol. The SMILES string of the molecule is CC(C)N(C)c1ccc(CNC(C)(C)C)cc1F. The van der Waals surface area contributed by atoms with Crippen molar-refractivity contribution >= 4 is 5.69 Å². The van der Waals surface area contributed by atoms with Gasteiger partial charge in [0.2, 0.25) is 0 Å². The molecule has 0 aromatic heterocycles. The summed E-state index contributed by atoms with van der Waals surface area (Å²) >= 11 is 0. The largest absolute Gasteiger partial charge is 0.370 e. The lowest BCUT2D eigenvalue weighted by atomic mass is 10.1. The zero-order valence-electron chi connectivity index (χ0n) is 12.3. The molecular formula is C15H25FN2. The second-order valence-corrected chi connectivity index (χ2v) is 6.09. The van der Waals surface area contributed by atoms with Crippen molar-refractivity contribution in [3.8, 4) is 0 Å². The first-order valence-electron chi connectivity index (χ1n) is 6.47. The van der Waals surface area contributed by atoms with Crippen molar-refractivity contribution in [2.45, 2.75) is 52.7 Å². The van der Waals surface area contributed by atoms with Gasteiger partial charge in [0.05, 0.1) is 5.69 Å². The summed E-state index contributed by atoms with van der Waals surface area (Å²) in [6.07, 6.45) is 0. The van der Waals surface area contributed by atoms with Crippen LogP contribution in [0.5, 0.6) is 0 Å². The van der Waals surface area contributed by atoms with Gasteiger partial charge in [-0.25, -0.2) is 4.39 Å². The lowest BCUT2D eigenvalue weighted by Crippen LogP contribution is -2.35. The minimum atomic E-state index is -0.153. The monoisotopic (exact) mass is 252 g/mol. The van der Waals surface area contributed by atoms with Crippen LogP contribution in [0.3, 0.4) is 0 Å². The number of nitrogens with zero attached hydrogens (tertiary/aromatic N) is 1. The molecule has 1 aromatic rings. The van der Waals surface area contributed by atoms with Gasteiger partial charge in [-0.2, -0.15) is 0 Å². The Kier molecular flexibility index (Phi) is 4.74. The van der Waals surface area contributed by atoms with Gasteiger partial charge < -0.3 is 10.2 Å². The molecule has 0 aliphatic heterocycles. The summed E-state index contributed by atoms with van der Waals surface area (Å²) in [6, 6.07) is 5.75. The Balaban J connectivity index is 2.80. The second-order valence-electron chi connectivity index (χ2n) is 6.09. The number of benzene rings is 1. The summed E-state index contributed by atoms with van der Waals surface area (Å²) in [6.45, 7) is 11.1. The number of hydrogen-bond acceptors (Lipinski definition) is 2. The first-order chi connectivity index (χ1) is 8.20. The second kappa shape index (κ2) is 5.70. The van der Waals surface area contributed by atoms with Crippen LogP contribution in [0.4, 0.5) is 10.1 Å². The van der Waals surface area contributed by atoms with Crippen molar-refractivity contribution in [2.75, 3.05) is 11.9 Å². The van der Waals surface area contributed by atoms with Crippen LogP contribution in [0, 0.1) is 5.82 Å². The minimum Gasteiger partial charge on any atom is -0.370 e. The van der Waals surface area contributed by atoms with Crippen LogP contribution in [-0.2, 0) is 6.54 Å². The lowest BCUT2D eigenvalue weighted by molar-refractivity contribution is 0.423. The van der Waals surface area contributed by atoms with E-state index in [2.05, 4.69) is 39.9 Å². The van der Waals surface area contributed by atoms with E-state index in [0.29, 0.717) is 12.2 Å². The third-order valence-electron chi connectivity index (χ3n) is 2.99. The summed E-state index contributed by atoms with van der Waals surface area (Å²) in [5.41, 5.74) is 1.68. The van der Waals surface area contributed by atoms with Crippen molar-refractivity contribution < 1.29 is 4.39 Å². The molecule has 0 saturated carbocycles. The molecule has 0 heterocycles. The molecule has 102 valence electrons. The molecule has 0 saturated heterocycles. The summed E-state index contributed by atoms with van der Waals surface area (Å²) < 4.78 is 14.0. The Morgan fingerprint density at radius 2 is 1.89 bits per heavy atom. The molecule has 0 amide bonds. The van der Waals surface area contributed by atoms with Crippen molar-refractivity contribution in [3.63, 3.8) is 0 Å². The smallest absolute Gasteiger partial charge is 0.146 e. The fraction of sp³-hybridized carbons (Fsp3) is 0.600. The number of halogens is 1. The van der Waals surface area contributed by atoms with E-state index in [1.165, 1.54) is 0 Å². The van der Waals surface area contributed by atoms with Crippen molar-refractivity contribution in [3.05, 3.63) is 29.6 Å². The Hall–Kier alpha value is -1.09. The molecule has 18 heavy (non-hydrogen) atoms. The van der Waals surface area contributed by atoms with Gasteiger partial charge in [-0.1, -0.05) is 6.07 Å². The lowest BCUT2D eigenvalue weighted by Gasteiger charge is -2.25. The third-order valence-corrected chi connectivity index (χ3v) is 2.99. The van der Waals surface area contributed by atoms with Crippen molar-refractivity contribution in [2.24, 2.45) is 0 Å². The average molecular weight is 252 g/mol. The molecule has 1 aromatic carbocycles. The van der Waals surface area contributed by atoms with E-state index in [-0.39, 0.29) is 17.4 Å². The Morgan fingerprint density at radius 3 is 2.33 bits per heavy atom. The molecule has 3 heteroatoms. The third kappa shape index (κ3) is 4.30. The highest BCUT2D eigenvalue weighted by atomic mass is 19.1. The predicted octanol–water partition coefficient (Wildman–Crippen LogP) is 3.56. The highest BCUT2D eigenvalue weighted by Crippen LogP contribution is 2.21. The zero-order valence-corrected chi connectivity index (χ0v) is 12.3. The first-order valence-corrected chi connectivity index (χ1v) is 6.47. The summed E-state index contributed by atoms with van der Waals surface area (Å²) in [7, 11) is 1.91. The van der Waals surface area contributed by atoms with E-state index in [9.17, 15) is 4.39 Å². The molecule has 0 fully saturated rings. The fourth-order valence-corrected chi connectivity index (χ4v) is 1.59. The molecule has 2 nitrogen and oxygen atoms in total. The number of anilines is 1. The van der Waals surface area contributed by atoms with E-state index in [1.807, 2.05) is 24.1 Å². The fourth-order valence-electron chi connectivity index (χ4n) is 1.59. The Bertz CT molecular complexity index is 394. The molecule has 1 N–H and O–H groups in total. The molecule has 0 atom stereocenters. The predicted molar refractivity (Wildman–Crippen MR) is 76.5 cm³/mol. The molecule has 0 spiro atoms. The summed E-state index contributed by atoms with van der Waals surface area (Å²) in [5, 5.41) is 3.36. The highest BCUT2D eigenvalue weighted by Gasteiger charge is 2.12. The van der Waals surface area contributed by atoms with Gasteiger partial charge in [-0.15, -0.1) is 0 Å². The maximum atomic E-state index is 14.0. The first kappa shape index (κ1) is 15.0. The van der Waals surface area contributed by atoms with Gasteiger partial charge in [0.1, 0.15) is 5.82 Å². The molecule has 0 unspecified atom stereocenters. The van der Waals surface area contributed by atoms with Crippen molar-refractivity contribution in [1.82, 2.24) is 5.32 Å². The Labute approximate surface area is 110 Å². The van der Waals surface area contributed by atoms with Gasteiger partial charge in [0.15, 0.2) is 0 Å². The van der Waals surface area contributed by atoms with Gasteiger partial charge in [0.25, 0.3) is 0 Å². The van der Waals surface area contributed by atoms with Crippen molar-refractivity contribution in [1.29, 1.82) is 0 Å². The van der Waals surface area contributed by atoms with Crippen LogP contribution in [0.2, 0.25) is 0 Å². The van der Waals surface area contributed by atoms with E-state index < -0.39 is 0 Å². The number of nitrogens with one attached hydrogen (secondary N) is 1. The van der Waals surface area contributed by atoms with Gasteiger partial charge in [-0.3, -0.25) is 0 Å². The molecule has 1 rings (SSSR count). The van der Waals surface area contributed by atoms with E-state index in [0.717, 1.165) is 5.56 Å². The number of hydrogen-bond donors (Lipinski definition) is 1. The zero-order chi connectivity index (χ0) is 13.9. The molecule has 0 aliphatic carbocycles. The van der Waals surface area contributed by atoms with E-state index in [4.69, 9.17) is 0 Å². The van der Waals surface area contributed by atoms with Crippen LogP contribution in [0.15, 0.2) is 18.2 Å². The average Bonchev–Trinajstić information content (AvgIpc) is 2.24. The summed E-state index contributed by atoms with van der Waals surface area (Å²) in [4.78, 5) is 1.94. The van der Waals surface area contributed by atoms with Gasteiger partial charge in [-0.05, 0) is 52.3 Å². The van der Waals surface area contributed by atoms with Crippen LogP contribution in [-0.4, -0.2) is 18.6 Å². The topological polar surface area (TPSA) is 15.3 Å². The van der Waals surface area contributed by atoms with Crippen LogP contribution < -0.4 is 10.2 Å². The quantitative estimate of drug-likeness (QED) is 0.881. The van der Waals surface area contributed by atoms with E-state index in [1.54, 1.807) is 6.07 Å². The van der Waals surface area contributed by atoms with Crippen LogP contribution in [0.25, 0.3) is 0 Å². The Morgan fingerprint density at radius 1 is 1.28 bits per heavy atom. The molecule has 0 aliphatic rings. The molecule has 0 radical (unpaired) electrons. The maximum absolute atomic E-state index is 14.0.